The molecule has 0 unspecified atom stereocenters. The quantitative estimate of drug-likeness (QED) is 0.691. The summed E-state index contributed by atoms with van der Waals surface area (Å²) in [5, 5.41) is 14.5. The van der Waals surface area contributed by atoms with Gasteiger partial charge in [-0.1, -0.05) is 31.7 Å². The Balaban J connectivity index is 1.60. The van der Waals surface area contributed by atoms with Crippen molar-refractivity contribution in [3.63, 3.8) is 0 Å². The fraction of sp³-hybridized carbons (Fsp3) is 0.588. The van der Waals surface area contributed by atoms with E-state index in [9.17, 15) is 4.79 Å². The van der Waals surface area contributed by atoms with E-state index >= 15 is 0 Å². The number of aromatic nitrogens is 3. The molecular formula is C17H25N5O2S2. The molecule has 3 heterocycles. The summed E-state index contributed by atoms with van der Waals surface area (Å²) in [6.07, 6.45) is 0. The maximum Gasteiger partial charge on any atom is 0.230 e. The second-order valence-corrected chi connectivity index (χ2v) is 8.51. The van der Waals surface area contributed by atoms with Gasteiger partial charge in [0.1, 0.15) is 0 Å². The van der Waals surface area contributed by atoms with Crippen molar-refractivity contribution < 1.29 is 9.53 Å². The lowest BCUT2D eigenvalue weighted by molar-refractivity contribution is -0.118. The minimum atomic E-state index is 0.00965. The van der Waals surface area contributed by atoms with Crippen molar-refractivity contribution in [1.29, 1.82) is 0 Å². The Kier molecular flexibility index (Phi) is 6.93. The van der Waals surface area contributed by atoms with E-state index in [1.807, 2.05) is 17.5 Å². The molecule has 0 aliphatic carbocycles. The molecule has 9 heteroatoms. The third-order valence-corrected chi connectivity index (χ3v) is 5.75. The van der Waals surface area contributed by atoms with Gasteiger partial charge >= 0.3 is 0 Å². The van der Waals surface area contributed by atoms with Crippen LogP contribution in [0.25, 0.3) is 0 Å². The van der Waals surface area contributed by atoms with Crippen LogP contribution in [0, 0.1) is 5.92 Å². The van der Waals surface area contributed by atoms with Crippen LogP contribution in [-0.2, 0) is 22.6 Å². The Hall–Kier alpha value is -1.58. The maximum absolute atomic E-state index is 12.1. The Morgan fingerprint density at radius 3 is 2.88 bits per heavy atom. The van der Waals surface area contributed by atoms with Crippen molar-refractivity contribution in [2.45, 2.75) is 32.1 Å². The van der Waals surface area contributed by atoms with Gasteiger partial charge in [0.2, 0.25) is 11.9 Å². The largest absolute Gasteiger partial charge is 0.378 e. The van der Waals surface area contributed by atoms with Crippen LogP contribution in [0.1, 0.15) is 18.7 Å². The Labute approximate surface area is 162 Å². The zero-order chi connectivity index (χ0) is 18.4. The van der Waals surface area contributed by atoms with E-state index in [-0.39, 0.29) is 5.91 Å². The second-order valence-electron chi connectivity index (χ2n) is 6.53. The zero-order valence-corrected chi connectivity index (χ0v) is 16.8. The van der Waals surface area contributed by atoms with Crippen molar-refractivity contribution in [2.75, 3.05) is 37.0 Å². The van der Waals surface area contributed by atoms with Gasteiger partial charge in [-0.2, -0.15) is 0 Å². The highest BCUT2D eigenvalue weighted by Crippen LogP contribution is 2.24. The fourth-order valence-electron chi connectivity index (χ4n) is 2.69. The van der Waals surface area contributed by atoms with Crippen molar-refractivity contribution in [2.24, 2.45) is 5.92 Å². The lowest BCUT2D eigenvalue weighted by Gasteiger charge is -2.28. The monoisotopic (exact) mass is 395 g/mol. The van der Waals surface area contributed by atoms with Gasteiger partial charge in [-0.05, 0) is 17.4 Å². The number of nitrogens with one attached hydrogen (secondary N) is 1. The number of hydrogen-bond acceptors (Lipinski definition) is 7. The second kappa shape index (κ2) is 9.38. The average molecular weight is 396 g/mol. The number of amides is 1. The number of anilines is 1. The van der Waals surface area contributed by atoms with E-state index < -0.39 is 0 Å². The van der Waals surface area contributed by atoms with Gasteiger partial charge in [0, 0.05) is 24.5 Å². The molecule has 1 N–H and O–H groups in total. The summed E-state index contributed by atoms with van der Waals surface area (Å²) in [6, 6.07) is 4.01. The highest BCUT2D eigenvalue weighted by molar-refractivity contribution is 7.99. The van der Waals surface area contributed by atoms with Crippen molar-refractivity contribution >= 4 is 35.0 Å². The molecule has 1 aliphatic rings. The number of rotatable bonds is 8. The van der Waals surface area contributed by atoms with E-state index in [1.54, 1.807) is 11.3 Å². The third kappa shape index (κ3) is 5.21. The normalized spacial score (nSPS) is 14.8. The first-order chi connectivity index (χ1) is 12.6. The Bertz CT molecular complexity index is 696. The first-order valence-electron chi connectivity index (χ1n) is 8.81. The highest BCUT2D eigenvalue weighted by atomic mass is 32.2. The number of thioether (sulfide) groups is 1. The number of nitrogens with zero attached hydrogens (tertiary/aromatic N) is 4. The van der Waals surface area contributed by atoms with Gasteiger partial charge < -0.3 is 15.0 Å². The number of ether oxygens (including phenoxy) is 1. The third-order valence-electron chi connectivity index (χ3n) is 3.91. The Morgan fingerprint density at radius 2 is 2.19 bits per heavy atom. The first kappa shape index (κ1) is 19.2. The van der Waals surface area contributed by atoms with Gasteiger partial charge in [0.25, 0.3) is 0 Å². The van der Waals surface area contributed by atoms with E-state index in [4.69, 9.17) is 4.74 Å². The summed E-state index contributed by atoms with van der Waals surface area (Å²) in [6.45, 7) is 8.82. The van der Waals surface area contributed by atoms with E-state index in [0.29, 0.717) is 31.4 Å². The molecule has 1 saturated heterocycles. The molecule has 0 saturated carbocycles. The van der Waals surface area contributed by atoms with Crippen LogP contribution in [-0.4, -0.2) is 52.7 Å². The molecule has 0 bridgehead atoms. The molecule has 0 radical (unpaired) electrons. The number of carbonyl (C=O) groups excluding carboxylic acids is 1. The maximum atomic E-state index is 12.1. The molecular weight excluding hydrogens is 370 g/mol. The lowest BCUT2D eigenvalue weighted by atomic mass is 10.2. The summed E-state index contributed by atoms with van der Waals surface area (Å²) in [7, 11) is 0. The van der Waals surface area contributed by atoms with Crippen LogP contribution in [0.5, 0.6) is 0 Å². The molecule has 0 spiro atoms. The van der Waals surface area contributed by atoms with Gasteiger partial charge in [-0.25, -0.2) is 0 Å². The predicted octanol–water partition coefficient (Wildman–Crippen LogP) is 2.24. The van der Waals surface area contributed by atoms with E-state index in [0.717, 1.165) is 35.6 Å². The van der Waals surface area contributed by atoms with Gasteiger partial charge in [-0.15, -0.1) is 21.5 Å². The molecule has 1 aliphatic heterocycles. The Morgan fingerprint density at radius 1 is 1.38 bits per heavy atom. The number of thiophene rings is 1. The van der Waals surface area contributed by atoms with Crippen molar-refractivity contribution in [3.8, 4) is 0 Å². The molecule has 3 rings (SSSR count). The molecule has 1 amide bonds. The molecule has 1 fully saturated rings. The molecule has 2 aromatic rings. The molecule has 0 aromatic carbocycles. The predicted molar refractivity (Wildman–Crippen MR) is 105 cm³/mol. The summed E-state index contributed by atoms with van der Waals surface area (Å²) in [5.74, 6) is 1.70. The van der Waals surface area contributed by atoms with Crippen LogP contribution < -0.4 is 10.2 Å². The average Bonchev–Trinajstić information content (AvgIpc) is 3.28. The van der Waals surface area contributed by atoms with Crippen LogP contribution in [0.4, 0.5) is 5.95 Å². The first-order valence-corrected chi connectivity index (χ1v) is 10.7. The summed E-state index contributed by atoms with van der Waals surface area (Å²) in [5.41, 5.74) is 0. The summed E-state index contributed by atoms with van der Waals surface area (Å²) >= 11 is 3.09. The van der Waals surface area contributed by atoms with Crippen molar-refractivity contribution in [3.05, 3.63) is 22.4 Å². The highest BCUT2D eigenvalue weighted by Gasteiger charge is 2.21. The minimum Gasteiger partial charge on any atom is -0.378 e. The number of carbonyl (C=O) groups is 1. The van der Waals surface area contributed by atoms with Crippen LogP contribution in [0.3, 0.4) is 0 Å². The number of hydrogen-bond donors (Lipinski definition) is 1. The minimum absolute atomic E-state index is 0.00965. The van der Waals surface area contributed by atoms with Crippen LogP contribution >= 0.6 is 23.1 Å². The van der Waals surface area contributed by atoms with Gasteiger partial charge in [-0.3, -0.25) is 9.36 Å². The van der Waals surface area contributed by atoms with Crippen molar-refractivity contribution in [1.82, 2.24) is 20.1 Å². The topological polar surface area (TPSA) is 72.3 Å². The van der Waals surface area contributed by atoms with E-state index in [2.05, 4.69) is 38.8 Å². The molecule has 7 nitrogen and oxygen atoms in total. The zero-order valence-electron chi connectivity index (χ0n) is 15.2. The van der Waals surface area contributed by atoms with Gasteiger partial charge in [0.05, 0.1) is 25.5 Å². The smallest absolute Gasteiger partial charge is 0.230 e. The molecule has 0 atom stereocenters. The standard InChI is InChI=1S/C17H25N5O2S2/c1-13(2)11-22-16(21-5-7-24-8-6-21)19-20-17(22)26-12-15(23)18-10-14-4-3-9-25-14/h3-4,9,13H,5-8,10-12H2,1-2H3,(H,18,23). The molecule has 2 aromatic heterocycles. The summed E-state index contributed by atoms with van der Waals surface area (Å²) in [4.78, 5) is 15.5. The summed E-state index contributed by atoms with van der Waals surface area (Å²) < 4.78 is 7.56. The molecule has 26 heavy (non-hydrogen) atoms. The van der Waals surface area contributed by atoms with Gasteiger partial charge in [0.15, 0.2) is 5.16 Å². The van der Waals surface area contributed by atoms with E-state index in [1.165, 1.54) is 11.8 Å². The molecule has 142 valence electrons. The number of morpholine rings is 1. The lowest BCUT2D eigenvalue weighted by Crippen LogP contribution is -2.38. The van der Waals surface area contributed by atoms with Crippen LogP contribution in [0.2, 0.25) is 0 Å². The van der Waals surface area contributed by atoms with Crippen LogP contribution in [0.15, 0.2) is 22.7 Å². The fourth-order valence-corrected chi connectivity index (χ4v) is 4.11. The SMILES string of the molecule is CC(C)Cn1c(SCC(=O)NCc2cccs2)nnc1N1CCOCC1.